The molecule has 0 heteroatoms. The summed E-state index contributed by atoms with van der Waals surface area (Å²) < 4.78 is 0. The van der Waals surface area contributed by atoms with Crippen LogP contribution in [0.15, 0.2) is 12.2 Å². The highest BCUT2D eigenvalue weighted by molar-refractivity contribution is 5.05. The predicted octanol–water partition coefficient (Wildman–Crippen LogP) is 4.95. The molecule has 0 aromatic carbocycles. The zero-order valence-electron chi connectivity index (χ0n) is 10.0. The molecule has 0 aromatic heterocycles. The summed E-state index contributed by atoms with van der Waals surface area (Å²) in [6, 6.07) is 0. The monoisotopic (exact) mass is 194 g/mol. The first kappa shape index (κ1) is 11.8. The summed E-state index contributed by atoms with van der Waals surface area (Å²) in [6.45, 7) is 8.94. The predicted molar refractivity (Wildman–Crippen MR) is 64.4 cm³/mol. The van der Waals surface area contributed by atoms with Crippen LogP contribution in [0.25, 0.3) is 0 Å². The minimum Gasteiger partial charge on any atom is -0.0996 e. The fraction of sp³-hybridized carbons (Fsp3) is 0.857. The van der Waals surface area contributed by atoms with E-state index in [-0.39, 0.29) is 0 Å². The van der Waals surface area contributed by atoms with Gasteiger partial charge in [0.05, 0.1) is 0 Å². The van der Waals surface area contributed by atoms with Crippen LogP contribution in [0, 0.1) is 11.8 Å². The van der Waals surface area contributed by atoms with Gasteiger partial charge in [-0.1, -0.05) is 51.7 Å². The van der Waals surface area contributed by atoms with Gasteiger partial charge in [-0.3, -0.25) is 0 Å². The summed E-state index contributed by atoms with van der Waals surface area (Å²) >= 11 is 0. The molecule has 0 nitrogen and oxygen atoms in total. The molecule has 0 saturated heterocycles. The lowest BCUT2D eigenvalue weighted by atomic mass is 9.75. The van der Waals surface area contributed by atoms with Gasteiger partial charge in [-0.05, 0) is 37.5 Å². The smallest absolute Gasteiger partial charge is 0.0180 e. The molecular weight excluding hydrogens is 168 g/mol. The van der Waals surface area contributed by atoms with E-state index in [1.54, 1.807) is 5.57 Å². The van der Waals surface area contributed by atoms with E-state index >= 15 is 0 Å². The molecule has 2 atom stereocenters. The van der Waals surface area contributed by atoms with E-state index in [4.69, 9.17) is 0 Å². The van der Waals surface area contributed by atoms with E-state index in [1.807, 2.05) is 0 Å². The summed E-state index contributed by atoms with van der Waals surface area (Å²) in [6.07, 6.45) is 11.1. The van der Waals surface area contributed by atoms with Crippen molar-refractivity contribution in [3.05, 3.63) is 12.2 Å². The average molecular weight is 194 g/mol. The summed E-state index contributed by atoms with van der Waals surface area (Å²) in [5.41, 5.74) is 1.54. The van der Waals surface area contributed by atoms with Crippen LogP contribution >= 0.6 is 0 Å². The first-order chi connectivity index (χ1) is 6.75. The molecule has 0 spiro atoms. The molecule has 82 valence electrons. The Bertz CT molecular complexity index is 169. The van der Waals surface area contributed by atoms with E-state index in [1.165, 1.54) is 51.4 Å². The maximum atomic E-state index is 4.24. The van der Waals surface area contributed by atoms with Crippen molar-refractivity contribution in [2.24, 2.45) is 11.8 Å². The highest BCUT2D eigenvalue weighted by Gasteiger charge is 2.23. The molecule has 0 aliphatic heterocycles. The van der Waals surface area contributed by atoms with Crippen molar-refractivity contribution in [2.75, 3.05) is 0 Å². The molecular formula is C14H26. The zero-order valence-corrected chi connectivity index (χ0v) is 10.0. The maximum absolute atomic E-state index is 4.24. The number of rotatable bonds is 5. The van der Waals surface area contributed by atoms with Gasteiger partial charge in [0.15, 0.2) is 0 Å². The molecule has 0 bridgehead atoms. The Balaban J connectivity index is 2.22. The van der Waals surface area contributed by atoms with Crippen LogP contribution in [0.1, 0.15) is 65.2 Å². The SMILES string of the molecule is C=C1CCC[C@@H](C)[C@H]1CCCCCC. The third kappa shape index (κ3) is 3.48. The summed E-state index contributed by atoms with van der Waals surface area (Å²) in [5, 5.41) is 0. The Morgan fingerprint density at radius 2 is 2.07 bits per heavy atom. The van der Waals surface area contributed by atoms with Gasteiger partial charge in [0.1, 0.15) is 0 Å². The molecule has 1 aliphatic rings. The van der Waals surface area contributed by atoms with Crippen LogP contribution in [0.4, 0.5) is 0 Å². The van der Waals surface area contributed by atoms with Crippen molar-refractivity contribution < 1.29 is 0 Å². The van der Waals surface area contributed by atoms with Crippen molar-refractivity contribution in [1.82, 2.24) is 0 Å². The fourth-order valence-electron chi connectivity index (χ4n) is 2.72. The zero-order chi connectivity index (χ0) is 10.4. The van der Waals surface area contributed by atoms with E-state index in [0.717, 1.165) is 11.8 Å². The molecule has 0 aromatic rings. The Labute approximate surface area is 89.8 Å². The minimum atomic E-state index is 0.848. The lowest BCUT2D eigenvalue weighted by Crippen LogP contribution is -2.18. The highest BCUT2D eigenvalue weighted by Crippen LogP contribution is 2.36. The van der Waals surface area contributed by atoms with Gasteiger partial charge in [-0.25, -0.2) is 0 Å². The molecule has 0 unspecified atom stereocenters. The molecule has 0 N–H and O–H groups in total. The maximum Gasteiger partial charge on any atom is -0.0180 e. The van der Waals surface area contributed by atoms with Gasteiger partial charge in [-0.2, -0.15) is 0 Å². The Hall–Kier alpha value is -0.260. The van der Waals surface area contributed by atoms with Crippen molar-refractivity contribution in [2.45, 2.75) is 65.2 Å². The average Bonchev–Trinajstić information content (AvgIpc) is 2.16. The van der Waals surface area contributed by atoms with Gasteiger partial charge >= 0.3 is 0 Å². The molecule has 0 radical (unpaired) electrons. The van der Waals surface area contributed by atoms with E-state index in [2.05, 4.69) is 20.4 Å². The molecule has 1 fully saturated rings. The Morgan fingerprint density at radius 3 is 2.71 bits per heavy atom. The van der Waals surface area contributed by atoms with Crippen LogP contribution in [0.5, 0.6) is 0 Å². The van der Waals surface area contributed by atoms with Gasteiger partial charge < -0.3 is 0 Å². The Morgan fingerprint density at radius 1 is 1.29 bits per heavy atom. The van der Waals surface area contributed by atoms with Crippen LogP contribution in [0.2, 0.25) is 0 Å². The topological polar surface area (TPSA) is 0 Å². The standard InChI is InChI=1S/C14H26/c1-4-5-6-7-11-14-12(2)9-8-10-13(14)3/h13-14H,2,4-11H2,1,3H3/t13-,14+/m1/s1. The van der Waals surface area contributed by atoms with Crippen LogP contribution in [-0.2, 0) is 0 Å². The third-order valence-electron chi connectivity index (χ3n) is 3.74. The van der Waals surface area contributed by atoms with Gasteiger partial charge in [0.2, 0.25) is 0 Å². The van der Waals surface area contributed by atoms with Crippen LogP contribution in [0.3, 0.4) is 0 Å². The van der Waals surface area contributed by atoms with Crippen LogP contribution in [-0.4, -0.2) is 0 Å². The van der Waals surface area contributed by atoms with E-state index < -0.39 is 0 Å². The largest absolute Gasteiger partial charge is 0.0996 e. The molecule has 14 heavy (non-hydrogen) atoms. The summed E-state index contributed by atoms with van der Waals surface area (Å²) in [7, 11) is 0. The molecule has 1 saturated carbocycles. The highest BCUT2D eigenvalue weighted by atomic mass is 14.3. The van der Waals surface area contributed by atoms with Gasteiger partial charge in [0.25, 0.3) is 0 Å². The molecule has 1 aliphatic carbocycles. The number of allylic oxidation sites excluding steroid dienone is 1. The summed E-state index contributed by atoms with van der Waals surface area (Å²) in [4.78, 5) is 0. The normalized spacial score (nSPS) is 28.0. The van der Waals surface area contributed by atoms with Crippen molar-refractivity contribution in [3.8, 4) is 0 Å². The number of hydrogen-bond donors (Lipinski definition) is 0. The van der Waals surface area contributed by atoms with Crippen molar-refractivity contribution in [3.63, 3.8) is 0 Å². The van der Waals surface area contributed by atoms with Gasteiger partial charge in [-0.15, -0.1) is 0 Å². The van der Waals surface area contributed by atoms with Gasteiger partial charge in [0, 0.05) is 0 Å². The quantitative estimate of drug-likeness (QED) is 0.429. The lowest BCUT2D eigenvalue weighted by molar-refractivity contribution is 0.304. The molecule has 1 rings (SSSR count). The second kappa shape index (κ2) is 6.27. The second-order valence-electron chi connectivity index (χ2n) is 4.98. The lowest BCUT2D eigenvalue weighted by Gasteiger charge is -2.31. The minimum absolute atomic E-state index is 0.848. The molecule has 0 heterocycles. The first-order valence-electron chi connectivity index (χ1n) is 6.43. The number of unbranched alkanes of at least 4 members (excludes halogenated alkanes) is 3. The van der Waals surface area contributed by atoms with E-state index in [0.29, 0.717) is 0 Å². The van der Waals surface area contributed by atoms with Crippen molar-refractivity contribution in [1.29, 1.82) is 0 Å². The Kier molecular flexibility index (Phi) is 5.29. The van der Waals surface area contributed by atoms with E-state index in [9.17, 15) is 0 Å². The number of hydrogen-bond acceptors (Lipinski definition) is 0. The first-order valence-corrected chi connectivity index (χ1v) is 6.43. The second-order valence-corrected chi connectivity index (χ2v) is 4.98. The fourth-order valence-corrected chi connectivity index (χ4v) is 2.72. The third-order valence-corrected chi connectivity index (χ3v) is 3.74. The van der Waals surface area contributed by atoms with Crippen molar-refractivity contribution >= 4 is 0 Å². The van der Waals surface area contributed by atoms with Crippen LogP contribution < -0.4 is 0 Å². The molecule has 0 amide bonds. The summed E-state index contributed by atoms with van der Waals surface area (Å²) in [5.74, 6) is 1.75.